The second-order valence-electron chi connectivity index (χ2n) is 1.07. The monoisotopic (exact) mass is 122 g/mol. The van der Waals surface area contributed by atoms with Crippen LogP contribution in [0.25, 0.3) is 0 Å². The Morgan fingerprint density at radius 3 is 2.43 bits per heavy atom. The minimum Gasteiger partial charge on any atom is -1.00 e. The third-order valence-electron chi connectivity index (χ3n) is 0.508. The molecule has 0 spiro atoms. The Labute approximate surface area is 89.6 Å². The Kier molecular flexibility index (Phi) is 16.0. The van der Waals surface area contributed by atoms with E-state index in [4.69, 9.17) is 0 Å². The van der Waals surface area contributed by atoms with E-state index < -0.39 is 0 Å². The summed E-state index contributed by atoms with van der Waals surface area (Å²) in [4.78, 5) is 0. The minimum absolute atomic E-state index is 0. The van der Waals surface area contributed by atoms with Crippen LogP contribution in [0.15, 0.2) is 24.8 Å². The first-order chi connectivity index (χ1) is 2.91. The van der Waals surface area contributed by atoms with Gasteiger partial charge in [0.1, 0.15) is 0 Å². The molecule has 0 N–H and O–H groups in total. The first kappa shape index (κ1) is 11.0. The van der Waals surface area contributed by atoms with Gasteiger partial charge < -0.3 is 1.43 Å². The van der Waals surface area contributed by atoms with Crippen molar-refractivity contribution in [3.05, 3.63) is 24.8 Å². The summed E-state index contributed by atoms with van der Waals surface area (Å²) in [5.41, 5.74) is 0. The van der Waals surface area contributed by atoms with Gasteiger partial charge in [0.05, 0.1) is 0 Å². The van der Waals surface area contributed by atoms with Gasteiger partial charge in [0.2, 0.25) is 0 Å². The predicted octanol–water partition coefficient (Wildman–Crippen LogP) is -0.745. The predicted molar refractivity (Wildman–Crippen MR) is 30.7 cm³/mol. The molecule has 0 aromatic heterocycles. The zero-order valence-corrected chi connectivity index (χ0v) is 8.27. The van der Waals surface area contributed by atoms with Crippen molar-refractivity contribution in [2.75, 3.05) is 0 Å². The molecule has 7 heavy (non-hydrogen) atoms. The van der Waals surface area contributed by atoms with Crippen LogP contribution in [0.5, 0.6) is 0 Å². The number of hydrogen-bond donors (Lipinski definition) is 0. The maximum absolute atomic E-state index is 3.51. The number of rotatable bonds is 2. The van der Waals surface area contributed by atoms with Crippen molar-refractivity contribution in [1.29, 1.82) is 0 Å². The molecule has 0 fully saturated rings. The SMILES string of the molecule is C=CC=CCC.[H-].[K+]. The van der Waals surface area contributed by atoms with Crippen molar-refractivity contribution in [3.8, 4) is 0 Å². The quantitative estimate of drug-likeness (QED) is 0.334. The summed E-state index contributed by atoms with van der Waals surface area (Å²) in [6.07, 6.45) is 6.89. The molecule has 0 aromatic carbocycles. The Hall–Kier alpha value is 1.12. The van der Waals surface area contributed by atoms with E-state index in [1.165, 1.54) is 0 Å². The molecular formula is C6H11K. The largest absolute Gasteiger partial charge is 1.00 e. The summed E-state index contributed by atoms with van der Waals surface area (Å²) in [6, 6.07) is 0. The smallest absolute Gasteiger partial charge is 1.00 e. The van der Waals surface area contributed by atoms with E-state index >= 15 is 0 Å². The molecule has 0 radical (unpaired) electrons. The fraction of sp³-hybridized carbons (Fsp3) is 0.333. The average Bonchev–Trinajstić information content (AvgIpc) is 1.61. The van der Waals surface area contributed by atoms with Crippen LogP contribution in [0.4, 0.5) is 0 Å². The van der Waals surface area contributed by atoms with Gasteiger partial charge in [-0.1, -0.05) is 31.7 Å². The van der Waals surface area contributed by atoms with E-state index in [-0.39, 0.29) is 52.8 Å². The van der Waals surface area contributed by atoms with Crippen LogP contribution in [-0.2, 0) is 0 Å². The van der Waals surface area contributed by atoms with Crippen LogP contribution in [0.1, 0.15) is 14.8 Å². The van der Waals surface area contributed by atoms with E-state index in [0.29, 0.717) is 0 Å². The molecule has 0 saturated heterocycles. The molecule has 0 rings (SSSR count). The molecule has 0 amide bonds. The van der Waals surface area contributed by atoms with E-state index in [1.54, 1.807) is 6.08 Å². The molecule has 36 valence electrons. The Morgan fingerprint density at radius 2 is 2.29 bits per heavy atom. The molecular weight excluding hydrogens is 111 g/mol. The van der Waals surface area contributed by atoms with Crippen molar-refractivity contribution in [3.63, 3.8) is 0 Å². The van der Waals surface area contributed by atoms with Crippen LogP contribution >= 0.6 is 0 Å². The fourth-order valence-corrected chi connectivity index (χ4v) is 0.232. The molecule has 0 unspecified atom stereocenters. The zero-order chi connectivity index (χ0) is 4.83. The third kappa shape index (κ3) is 11.0. The van der Waals surface area contributed by atoms with E-state index in [0.717, 1.165) is 6.42 Å². The molecule has 1 heteroatoms. The van der Waals surface area contributed by atoms with E-state index in [2.05, 4.69) is 19.6 Å². The normalized spacial score (nSPS) is 8.14. The summed E-state index contributed by atoms with van der Waals surface area (Å²) >= 11 is 0. The molecule has 0 aliphatic rings. The van der Waals surface area contributed by atoms with Crippen molar-refractivity contribution in [2.45, 2.75) is 13.3 Å². The molecule has 0 aromatic rings. The van der Waals surface area contributed by atoms with Gasteiger partial charge in [-0.3, -0.25) is 0 Å². The van der Waals surface area contributed by atoms with Gasteiger partial charge in [-0.25, -0.2) is 0 Å². The van der Waals surface area contributed by atoms with Gasteiger partial charge >= 0.3 is 51.4 Å². The molecule has 0 aliphatic heterocycles. The Bertz CT molecular complexity index is 59.5. The van der Waals surface area contributed by atoms with Crippen molar-refractivity contribution in [2.24, 2.45) is 0 Å². The van der Waals surface area contributed by atoms with Crippen LogP contribution in [-0.4, -0.2) is 0 Å². The zero-order valence-electron chi connectivity index (χ0n) is 6.15. The molecule has 0 aliphatic carbocycles. The fourth-order valence-electron chi connectivity index (χ4n) is 0.232. The number of hydrogen-bond acceptors (Lipinski definition) is 0. The van der Waals surface area contributed by atoms with Crippen LogP contribution < -0.4 is 51.4 Å². The van der Waals surface area contributed by atoms with Gasteiger partial charge in [0, 0.05) is 0 Å². The second kappa shape index (κ2) is 10.2. The van der Waals surface area contributed by atoms with Crippen LogP contribution in [0, 0.1) is 0 Å². The summed E-state index contributed by atoms with van der Waals surface area (Å²) in [7, 11) is 0. The first-order valence-corrected chi connectivity index (χ1v) is 2.19. The standard InChI is InChI=1S/C6H10.K.H/c1-3-5-6-4-2;;/h3,5-6H,1,4H2,2H3;;/q;+1;-1. The topological polar surface area (TPSA) is 0 Å². The summed E-state index contributed by atoms with van der Waals surface area (Å²) in [5, 5.41) is 0. The van der Waals surface area contributed by atoms with Crippen molar-refractivity contribution >= 4 is 0 Å². The number of allylic oxidation sites excluding steroid dienone is 3. The van der Waals surface area contributed by atoms with E-state index in [1.807, 2.05) is 6.08 Å². The summed E-state index contributed by atoms with van der Waals surface area (Å²) in [6.45, 7) is 5.61. The van der Waals surface area contributed by atoms with Gasteiger partial charge in [-0.2, -0.15) is 0 Å². The average molecular weight is 122 g/mol. The van der Waals surface area contributed by atoms with Crippen LogP contribution in [0.3, 0.4) is 0 Å². The van der Waals surface area contributed by atoms with Crippen molar-refractivity contribution in [1.82, 2.24) is 0 Å². The molecule has 0 atom stereocenters. The molecule has 0 bridgehead atoms. The third-order valence-corrected chi connectivity index (χ3v) is 0.508. The van der Waals surface area contributed by atoms with Gasteiger partial charge in [-0.05, 0) is 6.42 Å². The minimum atomic E-state index is 0. The molecule has 0 heterocycles. The molecule has 0 nitrogen and oxygen atoms in total. The van der Waals surface area contributed by atoms with Gasteiger partial charge in [-0.15, -0.1) is 0 Å². The van der Waals surface area contributed by atoms with E-state index in [9.17, 15) is 0 Å². The van der Waals surface area contributed by atoms with Crippen molar-refractivity contribution < 1.29 is 52.8 Å². The summed E-state index contributed by atoms with van der Waals surface area (Å²) in [5.74, 6) is 0. The van der Waals surface area contributed by atoms with Gasteiger partial charge in [0.15, 0.2) is 0 Å². The molecule has 0 saturated carbocycles. The maximum atomic E-state index is 3.51. The first-order valence-electron chi connectivity index (χ1n) is 2.19. The second-order valence-corrected chi connectivity index (χ2v) is 1.07. The maximum Gasteiger partial charge on any atom is 1.00 e. The summed E-state index contributed by atoms with van der Waals surface area (Å²) < 4.78 is 0. The van der Waals surface area contributed by atoms with Crippen LogP contribution in [0.2, 0.25) is 0 Å². The Morgan fingerprint density at radius 1 is 1.71 bits per heavy atom. The van der Waals surface area contributed by atoms with Gasteiger partial charge in [0.25, 0.3) is 0 Å². The Balaban J connectivity index is -0.000000125.